The Hall–Kier alpha value is -2.30. The Kier molecular flexibility index (Phi) is 10.4. The highest BCUT2D eigenvalue weighted by Crippen LogP contribution is 2.30. The van der Waals surface area contributed by atoms with Gasteiger partial charge in [0.05, 0.1) is 20.3 Å². The fourth-order valence-electron chi connectivity index (χ4n) is 2.26. The number of benzene rings is 2. The summed E-state index contributed by atoms with van der Waals surface area (Å²) >= 11 is 0. The second kappa shape index (κ2) is 12.2. The number of guanidine groups is 1. The molecule has 0 atom stereocenters. The lowest BCUT2D eigenvalue weighted by Crippen LogP contribution is -2.33. The van der Waals surface area contributed by atoms with Crippen LogP contribution in [-0.2, 0) is 0 Å². The third-order valence-electron chi connectivity index (χ3n) is 3.50. The Balaban J connectivity index is 0.00000392. The predicted octanol–water partition coefficient (Wildman–Crippen LogP) is 4.06. The molecular weight excluding hydrogens is 483 g/mol. The van der Waals surface area contributed by atoms with Crippen LogP contribution in [0.15, 0.2) is 41.4 Å². The Labute approximate surface area is 180 Å². The molecule has 0 saturated carbocycles. The zero-order chi connectivity index (χ0) is 19.6. The molecule has 2 rings (SSSR count). The van der Waals surface area contributed by atoms with Crippen LogP contribution >= 0.6 is 24.0 Å². The normalized spacial score (nSPS) is 10.7. The molecule has 0 bridgehead atoms. The van der Waals surface area contributed by atoms with Gasteiger partial charge in [0.1, 0.15) is 12.4 Å². The average molecular weight is 507 g/mol. The lowest BCUT2D eigenvalue weighted by molar-refractivity contribution is 0.305. The van der Waals surface area contributed by atoms with E-state index in [9.17, 15) is 8.78 Å². The van der Waals surface area contributed by atoms with E-state index in [0.717, 1.165) is 17.8 Å². The van der Waals surface area contributed by atoms with E-state index >= 15 is 0 Å². The second-order valence-electron chi connectivity index (χ2n) is 5.35. The smallest absolute Gasteiger partial charge is 0.195 e. The van der Waals surface area contributed by atoms with Crippen LogP contribution in [0.2, 0.25) is 0 Å². The van der Waals surface area contributed by atoms with Crippen molar-refractivity contribution in [2.75, 3.05) is 39.2 Å². The molecule has 0 aliphatic rings. The van der Waals surface area contributed by atoms with Crippen molar-refractivity contribution in [2.24, 2.45) is 4.99 Å². The average Bonchev–Trinajstić information content (AvgIpc) is 2.66. The van der Waals surface area contributed by atoms with Gasteiger partial charge >= 0.3 is 0 Å². The van der Waals surface area contributed by atoms with Gasteiger partial charge in [0.25, 0.3) is 0 Å². The first-order valence-electron chi connectivity index (χ1n) is 8.43. The summed E-state index contributed by atoms with van der Waals surface area (Å²) in [5, 5.41) is 6.16. The Bertz CT molecular complexity index is 791. The summed E-state index contributed by atoms with van der Waals surface area (Å²) in [6.45, 7) is 2.95. The van der Waals surface area contributed by atoms with E-state index in [0.29, 0.717) is 30.6 Å². The van der Waals surface area contributed by atoms with Crippen molar-refractivity contribution in [3.8, 4) is 17.2 Å². The summed E-state index contributed by atoms with van der Waals surface area (Å²) in [4.78, 5) is 4.12. The summed E-state index contributed by atoms with van der Waals surface area (Å²) in [5.41, 5.74) is 0.762. The van der Waals surface area contributed by atoms with Crippen molar-refractivity contribution < 1.29 is 23.0 Å². The predicted molar refractivity (Wildman–Crippen MR) is 116 cm³/mol. The zero-order valence-electron chi connectivity index (χ0n) is 15.9. The van der Waals surface area contributed by atoms with Gasteiger partial charge in [-0.05, 0) is 31.2 Å². The third kappa shape index (κ3) is 7.02. The summed E-state index contributed by atoms with van der Waals surface area (Å²) < 4.78 is 42.5. The van der Waals surface area contributed by atoms with Gasteiger partial charge in [0.15, 0.2) is 29.0 Å². The number of rotatable bonds is 8. The zero-order valence-corrected chi connectivity index (χ0v) is 18.3. The number of anilines is 1. The molecule has 2 aromatic rings. The molecule has 0 unspecified atom stereocenters. The van der Waals surface area contributed by atoms with Crippen molar-refractivity contribution >= 4 is 35.6 Å². The highest BCUT2D eigenvalue weighted by atomic mass is 127. The summed E-state index contributed by atoms with van der Waals surface area (Å²) in [5.74, 6) is 0.381. The van der Waals surface area contributed by atoms with Crippen LogP contribution in [0.1, 0.15) is 6.92 Å². The SMILES string of the molecule is CCOc1cc(NC(=NC)NCCOc2ccc(F)cc2F)ccc1OC.I. The number of aliphatic imine (C=N–C) groups is 1. The number of halogens is 3. The van der Waals surface area contributed by atoms with Crippen LogP contribution in [0.25, 0.3) is 0 Å². The van der Waals surface area contributed by atoms with Gasteiger partial charge in [0.2, 0.25) is 0 Å². The van der Waals surface area contributed by atoms with Crippen molar-refractivity contribution in [1.82, 2.24) is 5.32 Å². The van der Waals surface area contributed by atoms with Gasteiger partial charge in [-0.3, -0.25) is 4.99 Å². The molecule has 0 aliphatic heterocycles. The molecule has 2 N–H and O–H groups in total. The molecule has 0 aromatic heterocycles. The first-order chi connectivity index (χ1) is 13.1. The maximum Gasteiger partial charge on any atom is 0.195 e. The molecule has 0 spiro atoms. The van der Waals surface area contributed by atoms with Gasteiger partial charge in [0, 0.05) is 24.9 Å². The van der Waals surface area contributed by atoms with E-state index in [4.69, 9.17) is 14.2 Å². The van der Waals surface area contributed by atoms with Gasteiger partial charge in [-0.15, -0.1) is 24.0 Å². The number of ether oxygens (including phenoxy) is 3. The van der Waals surface area contributed by atoms with E-state index in [1.54, 1.807) is 26.3 Å². The number of nitrogens with one attached hydrogen (secondary N) is 2. The number of hydrogen-bond acceptors (Lipinski definition) is 4. The molecule has 6 nitrogen and oxygen atoms in total. The fourth-order valence-corrected chi connectivity index (χ4v) is 2.26. The highest BCUT2D eigenvalue weighted by molar-refractivity contribution is 14.0. The van der Waals surface area contributed by atoms with Gasteiger partial charge in [-0.2, -0.15) is 0 Å². The van der Waals surface area contributed by atoms with Gasteiger partial charge in [-0.25, -0.2) is 8.78 Å². The molecule has 0 radical (unpaired) electrons. The Morgan fingerprint density at radius 3 is 2.43 bits per heavy atom. The monoisotopic (exact) mass is 507 g/mol. The lowest BCUT2D eigenvalue weighted by Gasteiger charge is -2.15. The van der Waals surface area contributed by atoms with Crippen LogP contribution in [0.5, 0.6) is 17.2 Å². The van der Waals surface area contributed by atoms with Crippen molar-refractivity contribution in [3.05, 3.63) is 48.0 Å². The standard InChI is InChI=1S/C19H23F2N3O3.HI/c1-4-26-18-12-14(6-8-17(18)25-3)24-19(22-2)23-9-10-27-16-7-5-13(20)11-15(16)21;/h5-8,11-12H,4,9-10H2,1-3H3,(H2,22,23,24);1H. The van der Waals surface area contributed by atoms with Crippen LogP contribution in [0, 0.1) is 11.6 Å². The first kappa shape index (κ1) is 23.7. The van der Waals surface area contributed by atoms with E-state index in [1.165, 1.54) is 6.07 Å². The van der Waals surface area contributed by atoms with Crippen molar-refractivity contribution in [3.63, 3.8) is 0 Å². The van der Waals surface area contributed by atoms with Gasteiger partial charge < -0.3 is 24.8 Å². The Morgan fingerprint density at radius 1 is 1.04 bits per heavy atom. The fraction of sp³-hybridized carbons (Fsp3) is 0.316. The molecule has 0 heterocycles. The first-order valence-corrected chi connectivity index (χ1v) is 8.43. The van der Waals surface area contributed by atoms with E-state index < -0.39 is 11.6 Å². The summed E-state index contributed by atoms with van der Waals surface area (Å²) in [6.07, 6.45) is 0. The van der Waals surface area contributed by atoms with Crippen LogP contribution < -0.4 is 24.8 Å². The van der Waals surface area contributed by atoms with E-state index in [2.05, 4.69) is 15.6 Å². The minimum atomic E-state index is -0.737. The maximum absolute atomic E-state index is 13.5. The minimum Gasteiger partial charge on any atom is -0.493 e. The summed E-state index contributed by atoms with van der Waals surface area (Å²) in [6, 6.07) is 8.61. The molecular formula is C19H24F2IN3O3. The maximum atomic E-state index is 13.5. The van der Waals surface area contributed by atoms with E-state index in [-0.39, 0.29) is 36.3 Å². The van der Waals surface area contributed by atoms with Crippen LogP contribution in [0.4, 0.5) is 14.5 Å². The number of nitrogens with zero attached hydrogens (tertiary/aromatic N) is 1. The van der Waals surface area contributed by atoms with Crippen LogP contribution in [0.3, 0.4) is 0 Å². The largest absolute Gasteiger partial charge is 0.493 e. The molecule has 0 amide bonds. The minimum absolute atomic E-state index is 0. The molecule has 154 valence electrons. The topological polar surface area (TPSA) is 64.1 Å². The van der Waals surface area contributed by atoms with Crippen molar-refractivity contribution in [1.29, 1.82) is 0 Å². The molecule has 2 aromatic carbocycles. The molecule has 0 saturated heterocycles. The lowest BCUT2D eigenvalue weighted by atomic mass is 10.2. The second-order valence-corrected chi connectivity index (χ2v) is 5.35. The number of methoxy groups -OCH3 is 1. The van der Waals surface area contributed by atoms with E-state index in [1.807, 2.05) is 13.0 Å². The quantitative estimate of drug-likeness (QED) is 0.244. The highest BCUT2D eigenvalue weighted by Gasteiger charge is 2.08. The molecule has 9 heteroatoms. The number of hydrogen-bond donors (Lipinski definition) is 2. The molecule has 0 fully saturated rings. The van der Waals surface area contributed by atoms with Gasteiger partial charge in [-0.1, -0.05) is 0 Å². The Morgan fingerprint density at radius 2 is 1.79 bits per heavy atom. The summed E-state index contributed by atoms with van der Waals surface area (Å²) in [7, 11) is 3.21. The molecule has 0 aliphatic carbocycles. The van der Waals surface area contributed by atoms with Crippen molar-refractivity contribution in [2.45, 2.75) is 6.92 Å². The van der Waals surface area contributed by atoms with Crippen LogP contribution in [-0.4, -0.2) is 39.9 Å². The third-order valence-corrected chi connectivity index (χ3v) is 3.50. The molecule has 28 heavy (non-hydrogen) atoms.